The van der Waals surface area contributed by atoms with Gasteiger partial charge in [-0.2, -0.15) is 12.6 Å². The van der Waals surface area contributed by atoms with Crippen molar-refractivity contribution in [3.8, 4) is 0 Å². The molecule has 0 fully saturated rings. The van der Waals surface area contributed by atoms with Gasteiger partial charge in [-0.25, -0.2) is 0 Å². The zero-order valence-corrected chi connectivity index (χ0v) is 7.58. The Morgan fingerprint density at radius 3 is 0.438 bits per heavy atom. The summed E-state index contributed by atoms with van der Waals surface area (Å²) in [5, 5.41) is 0. The average molecular weight is 342 g/mol. The van der Waals surface area contributed by atoms with Crippen molar-refractivity contribution in [2.75, 3.05) is 0 Å². The number of rotatable bonds is 0. The molecule has 16 heavy (non-hydrogen) atoms. The van der Waals surface area contributed by atoms with Crippen LogP contribution in [0.1, 0.15) is 0 Å². The summed E-state index contributed by atoms with van der Waals surface area (Å²) in [6.07, 6.45) is 0. The molecule has 0 unspecified atom stereocenters. The molecule has 0 radical (unpaired) electrons. The van der Waals surface area contributed by atoms with Gasteiger partial charge in [-0.1, -0.05) is 0 Å². The van der Waals surface area contributed by atoms with Crippen molar-refractivity contribution < 1.29 is 39.9 Å². The predicted molar refractivity (Wildman–Crippen MR) is 68.8 cm³/mol. The van der Waals surface area contributed by atoms with E-state index in [1.807, 2.05) is 0 Å². The molecule has 0 aromatic heterocycles. The van der Waals surface area contributed by atoms with E-state index in [0.29, 0.717) is 0 Å². The second-order valence-electron chi connectivity index (χ2n) is 0.692. The van der Waals surface area contributed by atoms with Crippen LogP contribution in [0.3, 0.4) is 0 Å². The summed E-state index contributed by atoms with van der Waals surface area (Å²) < 4.78 is 68.5. The molecule has 0 rings (SSSR count). The summed E-state index contributed by atoms with van der Waals surface area (Å²) in [5.41, 5.74) is 0. The Morgan fingerprint density at radius 2 is 0.438 bits per heavy atom. The maximum atomic E-state index is 8.67. The minimum absolute atomic E-state index is 0. The van der Waals surface area contributed by atoms with Crippen LogP contribution in [0.5, 0.6) is 0 Å². The van der Waals surface area contributed by atoms with Crippen LogP contribution in [-0.4, -0.2) is 158 Å². The van der Waals surface area contributed by atoms with Crippen molar-refractivity contribution in [2.24, 2.45) is 0 Å². The monoisotopic (exact) mass is 342 g/mol. The fraction of sp³-hybridized carbons (Fsp3) is 0. The first-order valence-corrected chi connectivity index (χ1v) is 4.79. The Morgan fingerprint density at radius 1 is 0.438 bits per heavy atom. The predicted octanol–water partition coefficient (Wildman–Crippen LogP) is -3.55. The molecule has 16 heteroatoms. The maximum absolute atomic E-state index is 8.67. The van der Waals surface area contributed by atoms with E-state index in [2.05, 4.69) is 0 Å². The van der Waals surface area contributed by atoms with E-state index >= 15 is 0 Å². The van der Waals surface area contributed by atoms with Gasteiger partial charge < -0.3 is 0 Å². The third-order valence-corrected chi connectivity index (χ3v) is 0. The summed E-state index contributed by atoms with van der Waals surface area (Å²) in [6, 6.07) is 0. The van der Waals surface area contributed by atoms with Crippen LogP contribution < -0.4 is 0 Å². The van der Waals surface area contributed by atoms with Gasteiger partial charge in [0, 0.05) is 0 Å². The standard InChI is InChI=1S/4Na.3H2O3S.4H/c;;;;3*1-4(2)3;;;;/h;;;;3*(H2,1,2,3);;;;. The SMILES string of the molecule is O=S(O)O.O=S(O)O.O=S(O)O.[NaH].[NaH].[NaH].[NaH]. The molecule has 86 valence electrons. The molecule has 0 saturated carbocycles. The second-order valence-corrected chi connectivity index (χ2v) is 2.08. The van der Waals surface area contributed by atoms with Crippen molar-refractivity contribution in [3.05, 3.63) is 0 Å². The van der Waals surface area contributed by atoms with Crippen LogP contribution in [0, 0.1) is 0 Å². The van der Waals surface area contributed by atoms with Crippen molar-refractivity contribution in [3.63, 3.8) is 0 Å². The van der Waals surface area contributed by atoms with Gasteiger partial charge in [-0.3, -0.25) is 27.3 Å². The quantitative estimate of drug-likeness (QED) is 0.192. The normalized spacial score (nSPS) is 6.56. The molecule has 0 atom stereocenters. The molecule has 0 aliphatic carbocycles. The van der Waals surface area contributed by atoms with Crippen molar-refractivity contribution in [1.82, 2.24) is 0 Å². The first-order valence-electron chi connectivity index (χ1n) is 1.60. The Kier molecular flexibility index (Phi) is 97.5. The fourth-order valence-electron chi connectivity index (χ4n) is 0. The van der Waals surface area contributed by atoms with Gasteiger partial charge in [0.05, 0.1) is 0 Å². The van der Waals surface area contributed by atoms with E-state index in [4.69, 9.17) is 39.9 Å². The van der Waals surface area contributed by atoms with Gasteiger partial charge in [0.15, 0.2) is 0 Å². The van der Waals surface area contributed by atoms with Gasteiger partial charge in [0.1, 0.15) is 0 Å². The van der Waals surface area contributed by atoms with Crippen LogP contribution in [-0.2, 0) is 34.1 Å². The van der Waals surface area contributed by atoms with Crippen LogP contribution in [0.15, 0.2) is 0 Å². The zero-order valence-electron chi connectivity index (χ0n) is 5.13. The van der Waals surface area contributed by atoms with E-state index in [-0.39, 0.29) is 118 Å². The molecule has 9 nitrogen and oxygen atoms in total. The van der Waals surface area contributed by atoms with Gasteiger partial charge in [0.25, 0.3) is 34.1 Å². The van der Waals surface area contributed by atoms with E-state index in [1.165, 1.54) is 0 Å². The third-order valence-electron chi connectivity index (χ3n) is 0. The molecular weight excluding hydrogens is 332 g/mol. The van der Waals surface area contributed by atoms with Gasteiger partial charge in [-0.15, -0.1) is 0 Å². The van der Waals surface area contributed by atoms with Crippen molar-refractivity contribution in [1.29, 1.82) is 0 Å². The van der Waals surface area contributed by atoms with E-state index in [1.54, 1.807) is 0 Å². The summed E-state index contributed by atoms with van der Waals surface area (Å²) in [6.45, 7) is 0. The average Bonchev–Trinajstić information content (AvgIpc) is 1.54. The molecular formula is H10Na4O9S3. The molecule has 0 saturated heterocycles. The first-order chi connectivity index (χ1) is 5.20. The molecule has 0 amide bonds. The summed E-state index contributed by atoms with van der Waals surface area (Å²) >= 11 is -7.83. The van der Waals surface area contributed by atoms with Crippen LogP contribution in [0.25, 0.3) is 0 Å². The van der Waals surface area contributed by atoms with E-state index < -0.39 is 34.1 Å². The number of hydrogen-bond donors (Lipinski definition) is 6. The topological polar surface area (TPSA) is 173 Å². The molecule has 0 heterocycles. The molecule has 0 aromatic carbocycles. The van der Waals surface area contributed by atoms with E-state index in [0.717, 1.165) is 0 Å². The second kappa shape index (κ2) is 36.5. The van der Waals surface area contributed by atoms with Crippen LogP contribution >= 0.6 is 0 Å². The number of hydrogen-bond acceptors (Lipinski definition) is 3. The molecule has 0 aromatic rings. The minimum atomic E-state index is -2.61. The van der Waals surface area contributed by atoms with Gasteiger partial charge >= 0.3 is 118 Å². The molecule has 0 bridgehead atoms. The van der Waals surface area contributed by atoms with Gasteiger partial charge in [0.2, 0.25) is 0 Å². The fourth-order valence-corrected chi connectivity index (χ4v) is 0. The van der Waals surface area contributed by atoms with Crippen molar-refractivity contribution in [2.45, 2.75) is 0 Å². The first kappa shape index (κ1) is 42.7. The van der Waals surface area contributed by atoms with Crippen molar-refractivity contribution >= 4 is 152 Å². The Labute approximate surface area is 188 Å². The summed E-state index contributed by atoms with van der Waals surface area (Å²) in [4.78, 5) is 0. The third kappa shape index (κ3) is 304. The van der Waals surface area contributed by atoms with Crippen LogP contribution in [0.4, 0.5) is 0 Å². The summed E-state index contributed by atoms with van der Waals surface area (Å²) in [5.74, 6) is 0. The van der Waals surface area contributed by atoms with Gasteiger partial charge in [-0.05, 0) is 0 Å². The summed E-state index contributed by atoms with van der Waals surface area (Å²) in [7, 11) is 0. The Bertz CT molecular complexity index is 120. The molecule has 0 aliphatic heterocycles. The Hall–Kier alpha value is 4.21. The Balaban J connectivity index is -0.0000000135. The van der Waals surface area contributed by atoms with E-state index in [9.17, 15) is 0 Å². The molecule has 0 aliphatic rings. The molecule has 0 spiro atoms. The van der Waals surface area contributed by atoms with Crippen LogP contribution in [0.2, 0.25) is 0 Å². The molecule has 6 N–H and O–H groups in total. The zero-order chi connectivity index (χ0) is 10.7.